The summed E-state index contributed by atoms with van der Waals surface area (Å²) in [5.74, 6) is -2.20. The van der Waals surface area contributed by atoms with E-state index in [-0.39, 0.29) is 18.4 Å². The average Bonchev–Trinajstić information content (AvgIpc) is 2.55. The lowest BCUT2D eigenvalue weighted by Gasteiger charge is -2.26. The lowest BCUT2D eigenvalue weighted by molar-refractivity contribution is -0.216. The Morgan fingerprint density at radius 1 is 1.32 bits per heavy atom. The van der Waals surface area contributed by atoms with Crippen LogP contribution in [0.25, 0.3) is 0 Å². The van der Waals surface area contributed by atoms with Crippen LogP contribution in [0.1, 0.15) is 47.5 Å². The van der Waals surface area contributed by atoms with E-state index < -0.39 is 23.8 Å². The first-order valence-electron chi connectivity index (χ1n) is 6.88. The van der Waals surface area contributed by atoms with Crippen LogP contribution >= 0.6 is 0 Å². The summed E-state index contributed by atoms with van der Waals surface area (Å²) < 4.78 is 15.9. The molecular weight excluding hydrogens is 248 g/mol. The number of cyclic esters (lactones) is 1. The van der Waals surface area contributed by atoms with Crippen LogP contribution in [0.2, 0.25) is 0 Å². The molecular formula is C14H24O5. The van der Waals surface area contributed by atoms with Crippen LogP contribution in [0, 0.1) is 11.8 Å². The molecule has 0 spiro atoms. The molecule has 0 N–H and O–H groups in total. The highest BCUT2D eigenvalue weighted by Gasteiger charge is 2.55. The monoisotopic (exact) mass is 272 g/mol. The van der Waals surface area contributed by atoms with Gasteiger partial charge in [0.05, 0.1) is 6.61 Å². The molecule has 110 valence electrons. The van der Waals surface area contributed by atoms with Gasteiger partial charge in [0, 0.05) is 6.42 Å². The predicted octanol–water partition coefficient (Wildman–Crippen LogP) is 2.28. The van der Waals surface area contributed by atoms with Crippen molar-refractivity contribution in [2.75, 3.05) is 6.61 Å². The fourth-order valence-electron chi connectivity index (χ4n) is 2.14. The van der Waals surface area contributed by atoms with Gasteiger partial charge in [0.15, 0.2) is 6.10 Å². The molecule has 0 aromatic heterocycles. The van der Waals surface area contributed by atoms with E-state index in [0.717, 1.165) is 0 Å². The SMILES string of the molecule is CCOC(=O)C1(CC(C)C)OC(=O)C(CC(C)C)O1. The van der Waals surface area contributed by atoms with Gasteiger partial charge in [-0.25, -0.2) is 9.59 Å². The normalized spacial score (nSPS) is 26.9. The van der Waals surface area contributed by atoms with Gasteiger partial charge in [-0.05, 0) is 25.2 Å². The molecule has 5 nitrogen and oxygen atoms in total. The maximum absolute atomic E-state index is 12.1. The van der Waals surface area contributed by atoms with Gasteiger partial charge in [0.1, 0.15) is 0 Å². The van der Waals surface area contributed by atoms with Gasteiger partial charge in [0.2, 0.25) is 0 Å². The zero-order valence-corrected chi connectivity index (χ0v) is 12.4. The van der Waals surface area contributed by atoms with Gasteiger partial charge in [-0.15, -0.1) is 0 Å². The van der Waals surface area contributed by atoms with E-state index in [0.29, 0.717) is 12.8 Å². The van der Waals surface area contributed by atoms with Crippen molar-refractivity contribution < 1.29 is 23.8 Å². The van der Waals surface area contributed by atoms with Crippen LogP contribution in [0.3, 0.4) is 0 Å². The highest BCUT2D eigenvalue weighted by atomic mass is 16.8. The van der Waals surface area contributed by atoms with Crippen molar-refractivity contribution >= 4 is 11.9 Å². The molecule has 1 rings (SSSR count). The zero-order valence-electron chi connectivity index (χ0n) is 12.4. The van der Waals surface area contributed by atoms with Crippen LogP contribution < -0.4 is 0 Å². The predicted molar refractivity (Wildman–Crippen MR) is 69.2 cm³/mol. The molecule has 1 saturated heterocycles. The van der Waals surface area contributed by atoms with Gasteiger partial charge in [-0.1, -0.05) is 27.7 Å². The maximum atomic E-state index is 12.1. The summed E-state index contributed by atoms with van der Waals surface area (Å²) in [5.41, 5.74) is 0. The average molecular weight is 272 g/mol. The Hall–Kier alpha value is -1.10. The van der Waals surface area contributed by atoms with Crippen molar-refractivity contribution in [2.24, 2.45) is 11.8 Å². The quantitative estimate of drug-likeness (QED) is 0.694. The van der Waals surface area contributed by atoms with Gasteiger partial charge in [-0.3, -0.25) is 0 Å². The van der Waals surface area contributed by atoms with Crippen LogP contribution in [0.5, 0.6) is 0 Å². The highest BCUT2D eigenvalue weighted by molar-refractivity contribution is 5.86. The summed E-state index contributed by atoms with van der Waals surface area (Å²) in [6, 6.07) is 0. The number of esters is 2. The van der Waals surface area contributed by atoms with Gasteiger partial charge < -0.3 is 14.2 Å². The van der Waals surface area contributed by atoms with Crippen LogP contribution in [0.4, 0.5) is 0 Å². The molecule has 1 fully saturated rings. The molecule has 0 saturated carbocycles. The van der Waals surface area contributed by atoms with Crippen molar-refractivity contribution in [1.29, 1.82) is 0 Å². The van der Waals surface area contributed by atoms with Crippen LogP contribution in [-0.2, 0) is 23.8 Å². The Bertz CT molecular complexity index is 337. The third-order valence-corrected chi connectivity index (χ3v) is 2.81. The molecule has 1 aliphatic rings. The first-order chi connectivity index (χ1) is 8.80. The van der Waals surface area contributed by atoms with Gasteiger partial charge in [0.25, 0.3) is 0 Å². The largest absolute Gasteiger partial charge is 0.461 e. The highest BCUT2D eigenvalue weighted by Crippen LogP contribution is 2.34. The van der Waals surface area contributed by atoms with Crippen molar-refractivity contribution in [3.8, 4) is 0 Å². The summed E-state index contributed by atoms with van der Waals surface area (Å²) in [6.07, 6.45) is 0.174. The lowest BCUT2D eigenvalue weighted by Crippen LogP contribution is -2.43. The second-order valence-electron chi connectivity index (χ2n) is 5.73. The summed E-state index contributed by atoms with van der Waals surface area (Å²) in [7, 11) is 0. The molecule has 19 heavy (non-hydrogen) atoms. The van der Waals surface area contributed by atoms with Crippen molar-refractivity contribution in [3.05, 3.63) is 0 Å². The standard InChI is InChI=1S/C14H24O5/c1-6-17-13(16)14(8-10(4)5)18-11(7-9(2)3)12(15)19-14/h9-11H,6-8H2,1-5H3. The van der Waals surface area contributed by atoms with E-state index >= 15 is 0 Å². The minimum Gasteiger partial charge on any atom is -0.461 e. The van der Waals surface area contributed by atoms with E-state index in [1.807, 2.05) is 27.7 Å². The second-order valence-corrected chi connectivity index (χ2v) is 5.73. The van der Waals surface area contributed by atoms with Crippen molar-refractivity contribution in [2.45, 2.75) is 59.4 Å². The third kappa shape index (κ3) is 3.93. The van der Waals surface area contributed by atoms with Crippen molar-refractivity contribution in [3.63, 3.8) is 0 Å². The number of rotatable bonds is 6. The van der Waals surface area contributed by atoms with Gasteiger partial charge >= 0.3 is 17.7 Å². The smallest absolute Gasteiger partial charge is 0.379 e. The van der Waals surface area contributed by atoms with E-state index in [1.54, 1.807) is 6.92 Å². The molecule has 0 aromatic carbocycles. The number of hydrogen-bond donors (Lipinski definition) is 0. The van der Waals surface area contributed by atoms with Gasteiger partial charge in [-0.2, -0.15) is 0 Å². The molecule has 0 amide bonds. The molecule has 2 unspecified atom stereocenters. The minimum atomic E-state index is -1.55. The Kier molecular flexibility index (Phi) is 5.35. The Balaban J connectivity index is 2.88. The molecule has 1 aliphatic heterocycles. The van der Waals surface area contributed by atoms with Crippen LogP contribution in [0.15, 0.2) is 0 Å². The molecule has 2 atom stereocenters. The molecule has 0 aromatic rings. The molecule has 1 heterocycles. The first-order valence-corrected chi connectivity index (χ1v) is 6.88. The van der Waals surface area contributed by atoms with Crippen molar-refractivity contribution in [1.82, 2.24) is 0 Å². The van der Waals surface area contributed by atoms with Crippen LogP contribution in [-0.4, -0.2) is 30.4 Å². The lowest BCUT2D eigenvalue weighted by atomic mass is 10.0. The Morgan fingerprint density at radius 3 is 2.42 bits per heavy atom. The van der Waals surface area contributed by atoms with E-state index in [9.17, 15) is 9.59 Å². The summed E-state index contributed by atoms with van der Waals surface area (Å²) >= 11 is 0. The molecule has 5 heteroatoms. The minimum absolute atomic E-state index is 0.148. The summed E-state index contributed by atoms with van der Waals surface area (Å²) in [6.45, 7) is 9.80. The first kappa shape index (κ1) is 16.0. The summed E-state index contributed by atoms with van der Waals surface area (Å²) in [4.78, 5) is 23.9. The Labute approximate surface area is 114 Å². The molecule has 0 radical (unpaired) electrons. The number of hydrogen-bond acceptors (Lipinski definition) is 5. The number of ether oxygens (including phenoxy) is 3. The summed E-state index contributed by atoms with van der Waals surface area (Å²) in [5, 5.41) is 0. The second kappa shape index (κ2) is 6.37. The van der Waals surface area contributed by atoms with E-state index in [1.165, 1.54) is 0 Å². The fraction of sp³-hybridized carbons (Fsp3) is 0.857. The zero-order chi connectivity index (χ0) is 14.6. The molecule has 0 aliphatic carbocycles. The topological polar surface area (TPSA) is 61.8 Å². The van der Waals surface area contributed by atoms with E-state index in [2.05, 4.69) is 0 Å². The van der Waals surface area contributed by atoms with E-state index in [4.69, 9.17) is 14.2 Å². The third-order valence-electron chi connectivity index (χ3n) is 2.81. The maximum Gasteiger partial charge on any atom is 0.379 e. The molecule has 0 bridgehead atoms. The Morgan fingerprint density at radius 2 is 1.95 bits per heavy atom. The number of carbonyl (C=O) groups excluding carboxylic acids is 2. The number of carbonyl (C=O) groups is 2. The fourth-order valence-corrected chi connectivity index (χ4v) is 2.14.